The molecular formula is C17H28N6O2. The summed E-state index contributed by atoms with van der Waals surface area (Å²) in [6.45, 7) is 2.78. The first kappa shape index (κ1) is 17.9. The van der Waals surface area contributed by atoms with Gasteiger partial charge in [-0.1, -0.05) is 0 Å². The van der Waals surface area contributed by atoms with E-state index in [1.165, 1.54) is 10.5 Å². The molecule has 0 aromatic carbocycles. The average Bonchev–Trinajstić information content (AvgIpc) is 3.14. The van der Waals surface area contributed by atoms with Gasteiger partial charge in [-0.05, 0) is 39.8 Å². The Balaban J connectivity index is 1.63. The fourth-order valence-corrected chi connectivity index (χ4v) is 3.96. The molecule has 1 aromatic rings. The second-order valence-corrected chi connectivity index (χ2v) is 7.29. The number of likely N-dealkylation sites (N-methyl/N-ethyl adjacent to an activating group) is 3. The van der Waals surface area contributed by atoms with Gasteiger partial charge in [0.05, 0.1) is 5.69 Å². The van der Waals surface area contributed by atoms with Gasteiger partial charge < -0.3 is 15.5 Å². The van der Waals surface area contributed by atoms with Crippen LogP contribution in [0.1, 0.15) is 42.9 Å². The molecule has 2 aliphatic rings. The number of rotatable bonds is 6. The zero-order chi connectivity index (χ0) is 18.0. The molecule has 0 unspecified atom stereocenters. The van der Waals surface area contributed by atoms with Crippen molar-refractivity contribution in [2.45, 2.75) is 43.7 Å². The second kappa shape index (κ2) is 7.13. The van der Waals surface area contributed by atoms with E-state index < -0.39 is 5.54 Å². The number of carbonyl (C=O) groups is 2. The van der Waals surface area contributed by atoms with E-state index in [1.807, 2.05) is 13.2 Å². The number of imide groups is 1. The molecule has 3 amide bonds. The molecule has 1 spiro atoms. The summed E-state index contributed by atoms with van der Waals surface area (Å²) >= 11 is 0. The number of nitrogens with zero attached hydrogens (tertiary/aromatic N) is 3. The van der Waals surface area contributed by atoms with Gasteiger partial charge in [0.2, 0.25) is 0 Å². The van der Waals surface area contributed by atoms with E-state index >= 15 is 0 Å². The maximum Gasteiger partial charge on any atom is 0.324 e. The van der Waals surface area contributed by atoms with Crippen LogP contribution in [0.15, 0.2) is 6.20 Å². The third-order valence-electron chi connectivity index (χ3n) is 5.53. The lowest BCUT2D eigenvalue weighted by Crippen LogP contribution is -2.49. The number of nitrogens with one attached hydrogen (secondary N) is 3. The quantitative estimate of drug-likeness (QED) is 0.656. The van der Waals surface area contributed by atoms with Crippen molar-refractivity contribution in [1.29, 1.82) is 0 Å². The topological polar surface area (TPSA) is 93.4 Å². The predicted octanol–water partition coefficient (Wildman–Crippen LogP) is 0.639. The van der Waals surface area contributed by atoms with Crippen molar-refractivity contribution < 1.29 is 9.59 Å². The van der Waals surface area contributed by atoms with Gasteiger partial charge in [0.25, 0.3) is 5.91 Å². The Labute approximate surface area is 148 Å². The van der Waals surface area contributed by atoms with Crippen LogP contribution in [0.2, 0.25) is 0 Å². The molecule has 0 bridgehead atoms. The standard InChI is InChI=1S/C17H28N6O2/c1-18-8-9-22(2)11-13-10-19-21-14(13)12-4-6-17(7-5-12)15(24)23(3)16(25)20-17/h10,12,18H,4-9,11H2,1-3H3,(H,19,21)(H,20,25). The van der Waals surface area contributed by atoms with Crippen LogP contribution in [0.25, 0.3) is 0 Å². The third kappa shape index (κ3) is 3.41. The maximum absolute atomic E-state index is 12.4. The van der Waals surface area contributed by atoms with Crippen LogP contribution in [0.5, 0.6) is 0 Å². The van der Waals surface area contributed by atoms with Gasteiger partial charge in [0.1, 0.15) is 5.54 Å². The zero-order valence-corrected chi connectivity index (χ0v) is 15.3. The van der Waals surface area contributed by atoms with Gasteiger partial charge in [-0.25, -0.2) is 4.79 Å². The molecule has 25 heavy (non-hydrogen) atoms. The lowest BCUT2D eigenvalue weighted by molar-refractivity contribution is -0.131. The number of hydrogen-bond acceptors (Lipinski definition) is 5. The Morgan fingerprint density at radius 2 is 2.12 bits per heavy atom. The van der Waals surface area contributed by atoms with Gasteiger partial charge in [-0.15, -0.1) is 0 Å². The highest BCUT2D eigenvalue weighted by atomic mass is 16.2. The van der Waals surface area contributed by atoms with Crippen LogP contribution in [0, 0.1) is 0 Å². The summed E-state index contributed by atoms with van der Waals surface area (Å²) in [7, 11) is 5.60. The molecule has 1 aromatic heterocycles. The summed E-state index contributed by atoms with van der Waals surface area (Å²) in [4.78, 5) is 27.7. The number of H-pyrrole nitrogens is 1. The van der Waals surface area contributed by atoms with Crippen LogP contribution in [-0.2, 0) is 11.3 Å². The van der Waals surface area contributed by atoms with Crippen LogP contribution < -0.4 is 10.6 Å². The van der Waals surface area contributed by atoms with Gasteiger partial charge in [-0.3, -0.25) is 14.8 Å². The molecule has 3 rings (SSSR count). The number of aromatic amines is 1. The first-order valence-corrected chi connectivity index (χ1v) is 8.93. The van der Waals surface area contributed by atoms with Crippen molar-refractivity contribution in [2.75, 3.05) is 34.2 Å². The minimum absolute atomic E-state index is 0.0926. The van der Waals surface area contributed by atoms with E-state index in [2.05, 4.69) is 32.8 Å². The first-order valence-electron chi connectivity index (χ1n) is 8.93. The highest BCUT2D eigenvalue weighted by Crippen LogP contribution is 2.41. The summed E-state index contributed by atoms with van der Waals surface area (Å²) < 4.78 is 0. The average molecular weight is 348 g/mol. The Morgan fingerprint density at radius 1 is 1.40 bits per heavy atom. The van der Waals surface area contributed by atoms with Gasteiger partial charge in [-0.2, -0.15) is 5.10 Å². The highest BCUT2D eigenvalue weighted by Gasteiger charge is 2.51. The molecule has 138 valence electrons. The third-order valence-corrected chi connectivity index (χ3v) is 5.53. The Morgan fingerprint density at radius 3 is 2.72 bits per heavy atom. The lowest BCUT2D eigenvalue weighted by Gasteiger charge is -2.34. The highest BCUT2D eigenvalue weighted by molar-refractivity contribution is 6.06. The molecular weight excluding hydrogens is 320 g/mol. The van der Waals surface area contributed by atoms with E-state index in [9.17, 15) is 9.59 Å². The van der Waals surface area contributed by atoms with Gasteiger partial charge in [0.15, 0.2) is 0 Å². The number of hydrogen-bond donors (Lipinski definition) is 3. The summed E-state index contributed by atoms with van der Waals surface area (Å²) in [6.07, 6.45) is 5.05. The number of amides is 3. The van der Waals surface area contributed by atoms with Gasteiger partial charge in [0, 0.05) is 44.4 Å². The van der Waals surface area contributed by atoms with E-state index in [4.69, 9.17) is 0 Å². The van der Waals surface area contributed by atoms with Crippen molar-refractivity contribution >= 4 is 11.9 Å². The van der Waals surface area contributed by atoms with E-state index in [-0.39, 0.29) is 11.9 Å². The molecule has 3 N–H and O–H groups in total. The summed E-state index contributed by atoms with van der Waals surface area (Å²) in [5.74, 6) is 0.241. The number of aromatic nitrogens is 2. The van der Waals surface area contributed by atoms with Crippen molar-refractivity contribution in [3.8, 4) is 0 Å². The molecule has 1 saturated carbocycles. The largest absolute Gasteiger partial charge is 0.324 e. The summed E-state index contributed by atoms with van der Waals surface area (Å²) in [5.41, 5.74) is 1.64. The van der Waals surface area contributed by atoms with Gasteiger partial charge >= 0.3 is 6.03 Å². The molecule has 2 heterocycles. The number of carbonyl (C=O) groups excluding carboxylic acids is 2. The van der Waals surface area contributed by atoms with Crippen molar-refractivity contribution in [1.82, 2.24) is 30.6 Å². The van der Waals surface area contributed by atoms with Crippen molar-refractivity contribution in [2.24, 2.45) is 0 Å². The fraction of sp³-hybridized carbons (Fsp3) is 0.706. The molecule has 1 aliphatic heterocycles. The lowest BCUT2D eigenvalue weighted by atomic mass is 9.75. The van der Waals surface area contributed by atoms with E-state index in [0.29, 0.717) is 18.8 Å². The molecule has 0 atom stereocenters. The molecule has 1 saturated heterocycles. The second-order valence-electron chi connectivity index (χ2n) is 7.29. The fourth-order valence-electron chi connectivity index (χ4n) is 3.96. The monoisotopic (exact) mass is 348 g/mol. The number of urea groups is 1. The zero-order valence-electron chi connectivity index (χ0n) is 15.3. The summed E-state index contributed by atoms with van der Waals surface area (Å²) in [5, 5.41) is 13.5. The molecule has 8 heteroatoms. The van der Waals surface area contributed by atoms with Crippen LogP contribution >= 0.6 is 0 Å². The predicted molar refractivity (Wildman–Crippen MR) is 94.1 cm³/mol. The van der Waals surface area contributed by atoms with Crippen LogP contribution in [0.3, 0.4) is 0 Å². The van der Waals surface area contributed by atoms with Crippen molar-refractivity contribution in [3.05, 3.63) is 17.5 Å². The van der Waals surface area contributed by atoms with E-state index in [0.717, 1.165) is 38.2 Å². The first-order chi connectivity index (χ1) is 12.0. The Kier molecular flexibility index (Phi) is 5.10. The molecule has 2 fully saturated rings. The smallest absolute Gasteiger partial charge is 0.323 e. The minimum atomic E-state index is -0.692. The minimum Gasteiger partial charge on any atom is -0.323 e. The Hall–Kier alpha value is -1.93. The SMILES string of the molecule is CNCCN(C)Cc1c[nH]nc1C1CCC2(CC1)NC(=O)N(C)C2=O. The molecule has 8 nitrogen and oxygen atoms in total. The van der Waals surface area contributed by atoms with E-state index in [1.54, 1.807) is 7.05 Å². The molecule has 1 aliphatic carbocycles. The van der Waals surface area contributed by atoms with Crippen LogP contribution in [-0.4, -0.2) is 71.7 Å². The normalized spacial score (nSPS) is 26.7. The Bertz CT molecular complexity index is 635. The summed E-state index contributed by atoms with van der Waals surface area (Å²) in [6, 6.07) is -0.282. The maximum atomic E-state index is 12.4. The van der Waals surface area contributed by atoms with Crippen LogP contribution in [0.4, 0.5) is 4.79 Å². The molecule has 0 radical (unpaired) electrons. The van der Waals surface area contributed by atoms with Crippen molar-refractivity contribution in [3.63, 3.8) is 0 Å².